The van der Waals surface area contributed by atoms with Gasteiger partial charge in [0.25, 0.3) is 5.91 Å². The minimum atomic E-state index is -4.88. The largest absolute Gasteiger partial charge is 0.419 e. The SMILES string of the molecule is CC(C)Cn1/c(=N/C(=O)c2cccc(C(F)(F)F)c2F)cc(C(C)(C)C)n1C. The van der Waals surface area contributed by atoms with E-state index in [-0.39, 0.29) is 16.8 Å². The summed E-state index contributed by atoms with van der Waals surface area (Å²) in [6.07, 6.45) is -4.88. The molecule has 0 fully saturated rings. The van der Waals surface area contributed by atoms with Crippen molar-refractivity contribution in [2.24, 2.45) is 18.0 Å². The molecule has 0 atom stereocenters. The van der Waals surface area contributed by atoms with Gasteiger partial charge in [-0.05, 0) is 18.1 Å². The van der Waals surface area contributed by atoms with Crippen molar-refractivity contribution in [1.82, 2.24) is 9.36 Å². The molecule has 1 aromatic carbocycles. The molecule has 1 heterocycles. The fourth-order valence-corrected chi connectivity index (χ4v) is 3.01. The van der Waals surface area contributed by atoms with Crippen molar-refractivity contribution in [3.63, 3.8) is 0 Å². The highest BCUT2D eigenvalue weighted by Crippen LogP contribution is 2.32. The number of carbonyl (C=O) groups is 1. The molecule has 0 aliphatic heterocycles. The Morgan fingerprint density at radius 1 is 1.18 bits per heavy atom. The normalized spacial score (nSPS) is 13.5. The molecular weight excluding hydrogens is 374 g/mol. The standard InChI is InChI=1S/C20H25F4N3O/c1-12(2)11-27-16(10-15(26(27)6)19(3,4)5)25-18(28)13-8-7-9-14(17(13)21)20(22,23)24/h7-10,12H,11H2,1-6H3/b25-16+. The van der Waals surface area contributed by atoms with Gasteiger partial charge >= 0.3 is 6.18 Å². The fourth-order valence-electron chi connectivity index (χ4n) is 3.01. The zero-order valence-electron chi connectivity index (χ0n) is 16.9. The van der Waals surface area contributed by atoms with Crippen LogP contribution < -0.4 is 5.49 Å². The van der Waals surface area contributed by atoms with Crippen molar-refractivity contribution >= 4 is 5.91 Å². The third-order valence-electron chi connectivity index (χ3n) is 4.30. The lowest BCUT2D eigenvalue weighted by Crippen LogP contribution is -2.27. The third-order valence-corrected chi connectivity index (χ3v) is 4.30. The average Bonchev–Trinajstić information content (AvgIpc) is 2.82. The molecule has 2 rings (SSSR count). The van der Waals surface area contributed by atoms with Gasteiger partial charge in [-0.3, -0.25) is 14.2 Å². The lowest BCUT2D eigenvalue weighted by Gasteiger charge is -2.21. The monoisotopic (exact) mass is 399 g/mol. The van der Waals surface area contributed by atoms with E-state index in [1.54, 1.807) is 10.7 Å². The summed E-state index contributed by atoms with van der Waals surface area (Å²) in [5.41, 5.74) is -1.25. The van der Waals surface area contributed by atoms with Gasteiger partial charge in [-0.25, -0.2) is 4.39 Å². The van der Waals surface area contributed by atoms with E-state index in [9.17, 15) is 22.4 Å². The van der Waals surface area contributed by atoms with Crippen molar-refractivity contribution in [1.29, 1.82) is 0 Å². The molecule has 2 aromatic rings. The topological polar surface area (TPSA) is 39.3 Å². The molecule has 0 radical (unpaired) electrons. The maximum Gasteiger partial charge on any atom is 0.419 e. The highest BCUT2D eigenvalue weighted by molar-refractivity contribution is 5.95. The van der Waals surface area contributed by atoms with Crippen LogP contribution in [-0.4, -0.2) is 15.3 Å². The Morgan fingerprint density at radius 3 is 2.29 bits per heavy atom. The number of rotatable bonds is 3. The summed E-state index contributed by atoms with van der Waals surface area (Å²) in [6.45, 7) is 10.5. The van der Waals surface area contributed by atoms with Crippen LogP contribution in [0.5, 0.6) is 0 Å². The van der Waals surface area contributed by atoms with Crippen molar-refractivity contribution in [2.45, 2.75) is 52.8 Å². The summed E-state index contributed by atoms with van der Waals surface area (Å²) >= 11 is 0. The van der Waals surface area contributed by atoms with Crippen LogP contribution in [0.2, 0.25) is 0 Å². The van der Waals surface area contributed by atoms with Gasteiger partial charge in [0.15, 0.2) is 5.49 Å². The molecule has 0 spiro atoms. The second-order valence-corrected chi connectivity index (χ2v) is 8.22. The van der Waals surface area contributed by atoms with E-state index >= 15 is 0 Å². The van der Waals surface area contributed by atoms with E-state index in [4.69, 9.17) is 0 Å². The molecule has 28 heavy (non-hydrogen) atoms. The Bertz CT molecular complexity index is 944. The summed E-state index contributed by atoms with van der Waals surface area (Å²) in [7, 11) is 1.83. The summed E-state index contributed by atoms with van der Waals surface area (Å²) < 4.78 is 56.7. The zero-order chi connectivity index (χ0) is 21.4. The maximum atomic E-state index is 14.3. The number of nitrogens with zero attached hydrogens (tertiary/aromatic N) is 3. The van der Waals surface area contributed by atoms with Gasteiger partial charge in [-0.15, -0.1) is 0 Å². The van der Waals surface area contributed by atoms with Crippen LogP contribution in [0, 0.1) is 11.7 Å². The lowest BCUT2D eigenvalue weighted by molar-refractivity contribution is -0.140. The fraction of sp³-hybridized carbons (Fsp3) is 0.500. The molecule has 0 unspecified atom stereocenters. The van der Waals surface area contributed by atoms with Crippen LogP contribution in [0.3, 0.4) is 0 Å². The molecule has 0 saturated carbocycles. The molecule has 0 bridgehead atoms. The summed E-state index contributed by atoms with van der Waals surface area (Å²) in [5.74, 6) is -2.42. The Kier molecular flexibility index (Phi) is 5.92. The quantitative estimate of drug-likeness (QED) is 0.691. The molecule has 154 valence electrons. The highest BCUT2D eigenvalue weighted by atomic mass is 19.4. The molecule has 1 amide bonds. The summed E-state index contributed by atoms with van der Waals surface area (Å²) in [5, 5.41) is 0. The highest BCUT2D eigenvalue weighted by Gasteiger charge is 2.35. The van der Waals surface area contributed by atoms with Crippen LogP contribution in [0.1, 0.15) is 56.2 Å². The van der Waals surface area contributed by atoms with Crippen LogP contribution in [0.25, 0.3) is 0 Å². The molecular formula is C20H25F4N3O. The van der Waals surface area contributed by atoms with Crippen molar-refractivity contribution in [3.05, 3.63) is 52.4 Å². The first-order valence-corrected chi connectivity index (χ1v) is 8.95. The van der Waals surface area contributed by atoms with Crippen molar-refractivity contribution < 1.29 is 22.4 Å². The number of alkyl halides is 3. The van der Waals surface area contributed by atoms with Crippen molar-refractivity contribution in [2.75, 3.05) is 0 Å². The van der Waals surface area contributed by atoms with Crippen LogP contribution in [0.15, 0.2) is 29.3 Å². The first-order valence-electron chi connectivity index (χ1n) is 8.95. The van der Waals surface area contributed by atoms with E-state index < -0.39 is 29.0 Å². The molecule has 4 nitrogen and oxygen atoms in total. The molecule has 0 saturated heterocycles. The molecule has 8 heteroatoms. The van der Waals surface area contributed by atoms with Gasteiger partial charge < -0.3 is 0 Å². The summed E-state index contributed by atoms with van der Waals surface area (Å²) in [6, 6.07) is 4.33. The van der Waals surface area contributed by atoms with Crippen LogP contribution in [-0.2, 0) is 25.2 Å². The lowest BCUT2D eigenvalue weighted by atomic mass is 9.92. The minimum Gasteiger partial charge on any atom is -0.291 e. The van der Waals surface area contributed by atoms with E-state index in [0.717, 1.165) is 17.8 Å². The predicted octanol–water partition coefficient (Wildman–Crippen LogP) is 4.68. The van der Waals surface area contributed by atoms with E-state index in [2.05, 4.69) is 4.99 Å². The molecule has 1 aromatic heterocycles. The van der Waals surface area contributed by atoms with Gasteiger partial charge in [0.2, 0.25) is 0 Å². The second kappa shape index (κ2) is 7.56. The van der Waals surface area contributed by atoms with Gasteiger partial charge in [-0.2, -0.15) is 18.2 Å². The number of carbonyl (C=O) groups excluding carboxylic acids is 1. The number of aromatic nitrogens is 2. The van der Waals surface area contributed by atoms with Crippen LogP contribution >= 0.6 is 0 Å². The van der Waals surface area contributed by atoms with Gasteiger partial charge in [0, 0.05) is 30.8 Å². The van der Waals surface area contributed by atoms with E-state index in [0.29, 0.717) is 12.6 Å². The number of amides is 1. The molecule has 0 aliphatic carbocycles. The average molecular weight is 399 g/mol. The Labute approximate surface area is 161 Å². The third kappa shape index (κ3) is 4.54. The second-order valence-electron chi connectivity index (χ2n) is 8.22. The minimum absolute atomic E-state index is 0.237. The number of benzene rings is 1. The molecule has 0 aliphatic rings. The Balaban J connectivity index is 2.64. The van der Waals surface area contributed by atoms with E-state index in [1.807, 2.05) is 46.3 Å². The first kappa shape index (κ1) is 21.9. The number of halogens is 4. The Hall–Kier alpha value is -2.38. The van der Waals surface area contributed by atoms with Crippen LogP contribution in [0.4, 0.5) is 17.6 Å². The first-order chi connectivity index (χ1) is 12.7. The number of hydrogen-bond acceptors (Lipinski definition) is 1. The molecule has 0 N–H and O–H groups in total. The maximum absolute atomic E-state index is 14.3. The Morgan fingerprint density at radius 2 is 1.79 bits per heavy atom. The number of hydrogen-bond donors (Lipinski definition) is 0. The van der Waals surface area contributed by atoms with Crippen molar-refractivity contribution in [3.8, 4) is 0 Å². The van der Waals surface area contributed by atoms with Gasteiger partial charge in [-0.1, -0.05) is 40.7 Å². The smallest absolute Gasteiger partial charge is 0.291 e. The van der Waals surface area contributed by atoms with Gasteiger partial charge in [0.1, 0.15) is 5.82 Å². The predicted molar refractivity (Wildman–Crippen MR) is 98.2 cm³/mol. The summed E-state index contributed by atoms with van der Waals surface area (Å²) in [4.78, 5) is 16.5. The zero-order valence-corrected chi connectivity index (χ0v) is 16.9. The van der Waals surface area contributed by atoms with E-state index in [1.165, 1.54) is 0 Å². The van der Waals surface area contributed by atoms with Gasteiger partial charge in [0.05, 0.1) is 11.1 Å².